The molecule has 1 fully saturated rings. The molecule has 1 atom stereocenters. The van der Waals surface area contributed by atoms with E-state index in [1.807, 2.05) is 6.92 Å². The number of aromatic nitrogens is 2. The van der Waals surface area contributed by atoms with Crippen LogP contribution in [0, 0.1) is 0 Å². The minimum absolute atomic E-state index is 0.116. The Labute approximate surface area is 76.7 Å². The van der Waals surface area contributed by atoms with Crippen LogP contribution in [0.15, 0.2) is 4.42 Å². The van der Waals surface area contributed by atoms with E-state index in [4.69, 9.17) is 10.2 Å². The number of hydrogen-bond donors (Lipinski definition) is 2. The predicted octanol–water partition coefficient (Wildman–Crippen LogP) is 0.166. The van der Waals surface area contributed by atoms with Crippen LogP contribution in [0.2, 0.25) is 0 Å². The lowest BCUT2D eigenvalue weighted by Gasteiger charge is -2.23. The van der Waals surface area contributed by atoms with E-state index >= 15 is 0 Å². The Hall–Kier alpha value is -0.940. The molecule has 72 valence electrons. The highest BCUT2D eigenvalue weighted by molar-refractivity contribution is 5.00. The van der Waals surface area contributed by atoms with E-state index in [9.17, 15) is 0 Å². The molecule has 1 aromatic rings. The van der Waals surface area contributed by atoms with Gasteiger partial charge in [-0.05, 0) is 6.42 Å². The Balaban J connectivity index is 2.08. The summed E-state index contributed by atoms with van der Waals surface area (Å²) < 4.78 is 5.45. The van der Waals surface area contributed by atoms with Crippen LogP contribution < -0.4 is 11.1 Å². The molecule has 0 aliphatic carbocycles. The molecule has 0 unspecified atom stereocenters. The molecule has 0 amide bonds. The molecule has 3 N–H and O–H groups in total. The lowest BCUT2D eigenvalue weighted by molar-refractivity contribution is 0.334. The van der Waals surface area contributed by atoms with Gasteiger partial charge in [-0.3, -0.25) is 0 Å². The molecular weight excluding hydrogens is 168 g/mol. The minimum Gasteiger partial charge on any atom is -0.423 e. The van der Waals surface area contributed by atoms with E-state index in [1.165, 1.54) is 0 Å². The van der Waals surface area contributed by atoms with Crippen LogP contribution in [0.3, 0.4) is 0 Å². The van der Waals surface area contributed by atoms with Crippen molar-refractivity contribution in [3.63, 3.8) is 0 Å². The monoisotopic (exact) mass is 182 g/mol. The van der Waals surface area contributed by atoms with Gasteiger partial charge < -0.3 is 15.5 Å². The number of nitrogens with two attached hydrogens (primary N) is 1. The van der Waals surface area contributed by atoms with Gasteiger partial charge in [0.2, 0.25) is 11.8 Å². The fourth-order valence-corrected chi connectivity index (χ4v) is 1.20. The van der Waals surface area contributed by atoms with Crippen LogP contribution in [0.25, 0.3) is 0 Å². The molecular formula is C8H14N4O. The highest BCUT2D eigenvalue weighted by Gasteiger charge is 2.25. The van der Waals surface area contributed by atoms with Gasteiger partial charge in [-0.2, -0.15) is 0 Å². The molecule has 0 spiro atoms. The first kappa shape index (κ1) is 8.65. The molecule has 1 saturated heterocycles. The third kappa shape index (κ3) is 1.57. The van der Waals surface area contributed by atoms with Crippen LogP contribution >= 0.6 is 0 Å². The Bertz CT molecular complexity index is 262. The smallest absolute Gasteiger partial charge is 0.233 e. The quantitative estimate of drug-likeness (QED) is 0.696. The number of rotatable bonds is 3. The lowest BCUT2D eigenvalue weighted by Crippen LogP contribution is -2.40. The average molecular weight is 182 g/mol. The van der Waals surface area contributed by atoms with Gasteiger partial charge in [-0.15, -0.1) is 10.2 Å². The second kappa shape index (κ2) is 3.43. The molecule has 1 aliphatic heterocycles. The van der Waals surface area contributed by atoms with Crippen LogP contribution in [0.4, 0.5) is 0 Å². The largest absolute Gasteiger partial charge is 0.423 e. The van der Waals surface area contributed by atoms with E-state index in [0.717, 1.165) is 25.4 Å². The fourth-order valence-electron chi connectivity index (χ4n) is 1.20. The maximum atomic E-state index is 5.76. The molecule has 0 radical (unpaired) electrons. The van der Waals surface area contributed by atoms with Crippen molar-refractivity contribution < 1.29 is 4.42 Å². The summed E-state index contributed by atoms with van der Waals surface area (Å²) in [5.74, 6) is 1.67. The molecule has 13 heavy (non-hydrogen) atoms. The van der Waals surface area contributed by atoms with Crippen molar-refractivity contribution in [1.82, 2.24) is 15.5 Å². The van der Waals surface area contributed by atoms with Crippen LogP contribution in [0.5, 0.6) is 0 Å². The summed E-state index contributed by atoms with van der Waals surface area (Å²) in [4.78, 5) is 0. The zero-order valence-electron chi connectivity index (χ0n) is 7.66. The normalized spacial score (nSPS) is 19.8. The maximum Gasteiger partial charge on any atom is 0.233 e. The minimum atomic E-state index is -0.116. The third-order valence-electron chi connectivity index (χ3n) is 2.34. The standard InChI is InChI=1S/C8H14N4O/c1-2-6(9)8-12-11-7(13-8)5-3-10-4-5/h5-6,10H,2-4,9H2,1H3/t6-/m1/s1. The van der Waals surface area contributed by atoms with Crippen molar-refractivity contribution in [2.75, 3.05) is 13.1 Å². The van der Waals surface area contributed by atoms with Crippen LogP contribution in [-0.2, 0) is 0 Å². The zero-order valence-corrected chi connectivity index (χ0v) is 7.66. The van der Waals surface area contributed by atoms with Gasteiger partial charge >= 0.3 is 0 Å². The van der Waals surface area contributed by atoms with Crippen molar-refractivity contribution in [1.29, 1.82) is 0 Å². The first-order chi connectivity index (χ1) is 6.31. The van der Waals surface area contributed by atoms with E-state index in [0.29, 0.717) is 11.8 Å². The summed E-state index contributed by atoms with van der Waals surface area (Å²) in [6.45, 7) is 3.87. The molecule has 0 aromatic carbocycles. The van der Waals surface area contributed by atoms with Gasteiger partial charge in [-0.1, -0.05) is 6.92 Å². The van der Waals surface area contributed by atoms with E-state index < -0.39 is 0 Å². The van der Waals surface area contributed by atoms with E-state index in [-0.39, 0.29) is 6.04 Å². The second-order valence-corrected chi connectivity index (χ2v) is 3.35. The summed E-state index contributed by atoms with van der Waals surface area (Å²) in [6, 6.07) is -0.116. The summed E-state index contributed by atoms with van der Waals surface area (Å²) in [5.41, 5.74) is 5.76. The summed E-state index contributed by atoms with van der Waals surface area (Å²) in [6.07, 6.45) is 0.824. The van der Waals surface area contributed by atoms with Crippen molar-refractivity contribution in [2.45, 2.75) is 25.3 Å². The van der Waals surface area contributed by atoms with Gasteiger partial charge in [0.05, 0.1) is 12.0 Å². The highest BCUT2D eigenvalue weighted by atomic mass is 16.4. The molecule has 5 heteroatoms. The Morgan fingerprint density at radius 2 is 2.38 bits per heavy atom. The Kier molecular flexibility index (Phi) is 2.28. The van der Waals surface area contributed by atoms with Gasteiger partial charge in [0.15, 0.2) is 0 Å². The first-order valence-electron chi connectivity index (χ1n) is 4.61. The van der Waals surface area contributed by atoms with Gasteiger partial charge in [0.25, 0.3) is 0 Å². The molecule has 0 bridgehead atoms. The summed E-state index contributed by atoms with van der Waals surface area (Å²) >= 11 is 0. The van der Waals surface area contributed by atoms with Gasteiger partial charge in [-0.25, -0.2) is 0 Å². The maximum absolute atomic E-state index is 5.76. The highest BCUT2D eigenvalue weighted by Crippen LogP contribution is 2.20. The SMILES string of the molecule is CC[C@@H](N)c1nnc(C2CNC2)o1. The first-order valence-corrected chi connectivity index (χ1v) is 4.61. The average Bonchev–Trinajstić information content (AvgIpc) is 2.49. The second-order valence-electron chi connectivity index (χ2n) is 3.35. The number of nitrogens with zero attached hydrogens (tertiary/aromatic N) is 2. The summed E-state index contributed by atoms with van der Waals surface area (Å²) in [5, 5.41) is 11.0. The molecule has 0 saturated carbocycles. The van der Waals surface area contributed by atoms with Crippen LogP contribution in [-0.4, -0.2) is 23.3 Å². The predicted molar refractivity (Wildman–Crippen MR) is 47.1 cm³/mol. The molecule has 2 heterocycles. The molecule has 1 aromatic heterocycles. The van der Waals surface area contributed by atoms with Gasteiger partial charge in [0.1, 0.15) is 0 Å². The number of hydrogen-bond acceptors (Lipinski definition) is 5. The van der Waals surface area contributed by atoms with Crippen molar-refractivity contribution >= 4 is 0 Å². The zero-order chi connectivity index (χ0) is 9.26. The van der Waals surface area contributed by atoms with E-state index in [1.54, 1.807) is 0 Å². The lowest BCUT2D eigenvalue weighted by atomic mass is 10.0. The number of nitrogens with one attached hydrogen (secondary N) is 1. The summed E-state index contributed by atoms with van der Waals surface area (Å²) in [7, 11) is 0. The molecule has 1 aliphatic rings. The van der Waals surface area contributed by atoms with Crippen molar-refractivity contribution in [3.05, 3.63) is 11.8 Å². The van der Waals surface area contributed by atoms with Crippen molar-refractivity contribution in [3.8, 4) is 0 Å². The molecule has 2 rings (SSSR count). The Morgan fingerprint density at radius 3 is 2.92 bits per heavy atom. The van der Waals surface area contributed by atoms with Crippen LogP contribution in [0.1, 0.15) is 37.1 Å². The van der Waals surface area contributed by atoms with Gasteiger partial charge in [0, 0.05) is 13.1 Å². The fraction of sp³-hybridized carbons (Fsp3) is 0.750. The van der Waals surface area contributed by atoms with E-state index in [2.05, 4.69) is 15.5 Å². The van der Waals surface area contributed by atoms with Crippen molar-refractivity contribution in [2.24, 2.45) is 5.73 Å². The Morgan fingerprint density at radius 1 is 1.62 bits per heavy atom. The topological polar surface area (TPSA) is 77.0 Å². The third-order valence-corrected chi connectivity index (χ3v) is 2.34. The molecule has 5 nitrogen and oxygen atoms in total.